The van der Waals surface area contributed by atoms with Gasteiger partial charge in [0.15, 0.2) is 5.78 Å². The number of aryl methyl sites for hydroxylation is 1. The van der Waals surface area contributed by atoms with E-state index in [0.29, 0.717) is 23.6 Å². The molecule has 4 heteroatoms. The minimum absolute atomic E-state index is 0.170. The zero-order valence-corrected chi connectivity index (χ0v) is 15.8. The Bertz CT molecular complexity index is 515. The van der Waals surface area contributed by atoms with Gasteiger partial charge in [0.2, 0.25) is 0 Å². The molecule has 0 aliphatic carbocycles. The van der Waals surface area contributed by atoms with Gasteiger partial charge in [0.25, 0.3) is 0 Å². The number of rotatable bonds is 9. The van der Waals surface area contributed by atoms with Crippen LogP contribution in [0.2, 0.25) is 5.02 Å². The van der Waals surface area contributed by atoms with Crippen molar-refractivity contribution in [1.29, 1.82) is 0 Å². The third-order valence-electron chi connectivity index (χ3n) is 4.65. The molecule has 0 saturated carbocycles. The number of unbranched alkanes of at least 4 members (excludes halogenated alkanes) is 2. The van der Waals surface area contributed by atoms with Gasteiger partial charge in [-0.1, -0.05) is 37.8 Å². The van der Waals surface area contributed by atoms with E-state index in [1.54, 1.807) is 6.07 Å². The first-order valence-electron chi connectivity index (χ1n) is 9.30. The first-order valence-corrected chi connectivity index (χ1v) is 9.68. The van der Waals surface area contributed by atoms with Crippen molar-refractivity contribution in [2.75, 3.05) is 26.2 Å². The molecular formula is C20H30ClNO2. The lowest BCUT2D eigenvalue weighted by Gasteiger charge is -2.26. The normalized spacial score (nSPS) is 15.5. The van der Waals surface area contributed by atoms with E-state index in [2.05, 4.69) is 11.8 Å². The van der Waals surface area contributed by atoms with Crippen molar-refractivity contribution in [1.82, 2.24) is 4.90 Å². The fourth-order valence-corrected chi connectivity index (χ4v) is 3.51. The number of carbonyl (C=O) groups is 1. The van der Waals surface area contributed by atoms with E-state index in [4.69, 9.17) is 16.3 Å². The zero-order chi connectivity index (χ0) is 17.4. The summed E-state index contributed by atoms with van der Waals surface area (Å²) in [5.41, 5.74) is 1.65. The van der Waals surface area contributed by atoms with Crippen LogP contribution in [0.1, 0.15) is 67.8 Å². The Morgan fingerprint density at radius 3 is 2.62 bits per heavy atom. The van der Waals surface area contributed by atoms with Crippen LogP contribution in [0, 0.1) is 6.92 Å². The fourth-order valence-electron chi connectivity index (χ4n) is 3.19. The van der Waals surface area contributed by atoms with E-state index >= 15 is 0 Å². The van der Waals surface area contributed by atoms with Gasteiger partial charge in [-0.15, -0.1) is 0 Å². The molecule has 0 aromatic heterocycles. The molecule has 1 aromatic carbocycles. The number of ether oxygens (including phenoxy) is 1. The number of nitrogens with zero attached hydrogens (tertiary/aromatic N) is 1. The van der Waals surface area contributed by atoms with Crippen LogP contribution in [-0.4, -0.2) is 36.9 Å². The number of benzene rings is 1. The molecule has 3 nitrogen and oxygen atoms in total. The molecule has 0 atom stereocenters. The third-order valence-corrected chi connectivity index (χ3v) is 4.93. The fraction of sp³-hybridized carbons (Fsp3) is 0.650. The number of ketones is 1. The summed E-state index contributed by atoms with van der Waals surface area (Å²) in [6, 6.07) is 3.68. The van der Waals surface area contributed by atoms with Crippen molar-refractivity contribution >= 4 is 17.4 Å². The topological polar surface area (TPSA) is 29.5 Å². The van der Waals surface area contributed by atoms with Gasteiger partial charge in [0.05, 0.1) is 11.6 Å². The first-order chi connectivity index (χ1) is 11.6. The molecule has 1 aliphatic heterocycles. The highest BCUT2D eigenvalue weighted by Gasteiger charge is 2.15. The first kappa shape index (κ1) is 19.3. The highest BCUT2D eigenvalue weighted by Crippen LogP contribution is 2.30. The maximum absolute atomic E-state index is 12.5. The van der Waals surface area contributed by atoms with Crippen LogP contribution in [0.25, 0.3) is 0 Å². The molecule has 1 saturated heterocycles. The van der Waals surface area contributed by atoms with Crippen molar-refractivity contribution < 1.29 is 9.53 Å². The van der Waals surface area contributed by atoms with Gasteiger partial charge in [-0.3, -0.25) is 4.79 Å². The van der Waals surface area contributed by atoms with Crippen molar-refractivity contribution in [3.63, 3.8) is 0 Å². The van der Waals surface area contributed by atoms with E-state index in [1.165, 1.54) is 25.7 Å². The molecule has 0 amide bonds. The van der Waals surface area contributed by atoms with Crippen LogP contribution in [-0.2, 0) is 0 Å². The largest absolute Gasteiger partial charge is 0.492 e. The molecule has 0 N–H and O–H groups in total. The van der Waals surface area contributed by atoms with Crippen LogP contribution in [0.15, 0.2) is 12.1 Å². The number of Topliss-reactive ketones (excluding diaryl/α,β-unsaturated/α-hetero) is 1. The van der Waals surface area contributed by atoms with E-state index in [1.807, 2.05) is 13.0 Å². The van der Waals surface area contributed by atoms with Crippen LogP contribution in [0.3, 0.4) is 0 Å². The second-order valence-electron chi connectivity index (χ2n) is 6.74. The number of hydrogen-bond donors (Lipinski definition) is 0. The Morgan fingerprint density at radius 2 is 1.96 bits per heavy atom. The molecule has 1 aromatic rings. The Morgan fingerprint density at radius 1 is 1.21 bits per heavy atom. The summed E-state index contributed by atoms with van der Waals surface area (Å²) in [6.45, 7) is 7.90. The van der Waals surface area contributed by atoms with E-state index < -0.39 is 0 Å². The van der Waals surface area contributed by atoms with E-state index in [0.717, 1.165) is 43.8 Å². The van der Waals surface area contributed by atoms with Gasteiger partial charge >= 0.3 is 0 Å². The second-order valence-corrected chi connectivity index (χ2v) is 7.14. The molecular weight excluding hydrogens is 322 g/mol. The molecule has 0 bridgehead atoms. The minimum atomic E-state index is 0.170. The average molecular weight is 352 g/mol. The lowest BCUT2D eigenvalue weighted by atomic mass is 10.0. The summed E-state index contributed by atoms with van der Waals surface area (Å²) in [6.07, 6.45) is 7.74. The highest BCUT2D eigenvalue weighted by atomic mass is 35.5. The quantitative estimate of drug-likeness (QED) is 0.448. The molecule has 1 heterocycles. The van der Waals surface area contributed by atoms with Gasteiger partial charge in [0, 0.05) is 18.5 Å². The number of hydrogen-bond acceptors (Lipinski definition) is 3. The van der Waals surface area contributed by atoms with Gasteiger partial charge in [-0.25, -0.2) is 0 Å². The van der Waals surface area contributed by atoms with Crippen molar-refractivity contribution in [3.05, 3.63) is 28.3 Å². The smallest absolute Gasteiger partial charge is 0.164 e. The van der Waals surface area contributed by atoms with Crippen LogP contribution in [0.5, 0.6) is 5.75 Å². The van der Waals surface area contributed by atoms with Gasteiger partial charge in [0.1, 0.15) is 5.75 Å². The number of carbonyl (C=O) groups excluding carboxylic acids is 1. The summed E-state index contributed by atoms with van der Waals surface area (Å²) < 4.78 is 5.81. The predicted octanol–water partition coefficient (Wildman–Crippen LogP) is 5.28. The van der Waals surface area contributed by atoms with Crippen molar-refractivity contribution in [2.24, 2.45) is 0 Å². The summed E-state index contributed by atoms with van der Waals surface area (Å²) in [5.74, 6) is 0.892. The standard InChI is InChI=1S/C20H30ClNO2/c1-3-4-8-13-24-20-16(2)14-17(15-18(20)21)19(23)9-12-22-10-6-5-7-11-22/h14-15H,3-13H2,1-2H3. The molecule has 2 rings (SSSR count). The molecule has 1 fully saturated rings. The van der Waals surface area contributed by atoms with Gasteiger partial charge < -0.3 is 9.64 Å². The third kappa shape index (κ3) is 5.78. The molecule has 134 valence electrons. The number of piperidine rings is 1. The molecule has 0 unspecified atom stereocenters. The predicted molar refractivity (Wildman–Crippen MR) is 100 cm³/mol. The summed E-state index contributed by atoms with van der Waals surface area (Å²) in [7, 11) is 0. The molecule has 1 aliphatic rings. The molecule has 0 radical (unpaired) electrons. The monoisotopic (exact) mass is 351 g/mol. The Kier molecular flexibility index (Phi) is 8.07. The summed E-state index contributed by atoms with van der Waals surface area (Å²) >= 11 is 6.35. The summed E-state index contributed by atoms with van der Waals surface area (Å²) in [4.78, 5) is 14.9. The second kappa shape index (κ2) is 10.0. The van der Waals surface area contributed by atoms with Crippen LogP contribution < -0.4 is 4.74 Å². The molecule has 0 spiro atoms. The zero-order valence-electron chi connectivity index (χ0n) is 15.1. The van der Waals surface area contributed by atoms with Gasteiger partial charge in [-0.05, 0) is 57.0 Å². The number of halogens is 1. The van der Waals surface area contributed by atoms with Crippen molar-refractivity contribution in [2.45, 2.75) is 58.8 Å². The van der Waals surface area contributed by atoms with E-state index in [-0.39, 0.29) is 5.78 Å². The SMILES string of the molecule is CCCCCOc1c(C)cc(C(=O)CCN2CCCCC2)cc1Cl. The lowest BCUT2D eigenvalue weighted by Crippen LogP contribution is -2.31. The minimum Gasteiger partial charge on any atom is -0.492 e. The Labute approximate surface area is 151 Å². The Hall–Kier alpha value is -1.06. The summed E-state index contributed by atoms with van der Waals surface area (Å²) in [5, 5.41) is 0.549. The maximum Gasteiger partial charge on any atom is 0.164 e. The van der Waals surface area contributed by atoms with Gasteiger partial charge in [-0.2, -0.15) is 0 Å². The Balaban J connectivity index is 1.91. The van der Waals surface area contributed by atoms with Crippen molar-refractivity contribution in [3.8, 4) is 5.75 Å². The average Bonchev–Trinajstić information content (AvgIpc) is 2.59. The number of likely N-dealkylation sites (tertiary alicyclic amines) is 1. The van der Waals surface area contributed by atoms with Crippen LogP contribution >= 0.6 is 11.6 Å². The highest BCUT2D eigenvalue weighted by molar-refractivity contribution is 6.32. The molecule has 24 heavy (non-hydrogen) atoms. The lowest BCUT2D eigenvalue weighted by molar-refractivity contribution is 0.0958. The van der Waals surface area contributed by atoms with E-state index in [9.17, 15) is 4.79 Å². The maximum atomic E-state index is 12.5. The van der Waals surface area contributed by atoms with Crippen LogP contribution in [0.4, 0.5) is 0 Å².